The van der Waals surface area contributed by atoms with Gasteiger partial charge in [0.2, 0.25) is 0 Å². The van der Waals surface area contributed by atoms with Gasteiger partial charge >= 0.3 is 0 Å². The first-order chi connectivity index (χ1) is 16.7. The van der Waals surface area contributed by atoms with Crippen molar-refractivity contribution in [1.82, 2.24) is 9.88 Å². The molecule has 5 rings (SSSR count). The Balaban J connectivity index is 1.69. The predicted octanol–water partition coefficient (Wildman–Crippen LogP) is 5.43. The van der Waals surface area contributed by atoms with E-state index in [-0.39, 0.29) is 34.8 Å². The fraction of sp³-hybridized carbons (Fsp3) is 0.192. The minimum Gasteiger partial charge on any atom is -0.454 e. The number of aryl methyl sites for hydroxylation is 1. The highest BCUT2D eigenvalue weighted by molar-refractivity contribution is 7.20. The van der Waals surface area contributed by atoms with Gasteiger partial charge in [-0.3, -0.25) is 14.4 Å². The Bertz CT molecular complexity index is 1570. The van der Waals surface area contributed by atoms with Crippen LogP contribution in [0.15, 0.2) is 53.5 Å². The van der Waals surface area contributed by atoms with E-state index in [0.29, 0.717) is 37.7 Å². The number of nitrogens with one attached hydrogen (secondary N) is 1. The minimum absolute atomic E-state index is 0.160. The smallest absolute Gasteiger partial charge is 0.268 e. The number of pyridine rings is 1. The monoisotopic (exact) mass is 494 g/mol. The second kappa shape index (κ2) is 8.74. The van der Waals surface area contributed by atoms with Gasteiger partial charge in [-0.15, -0.1) is 11.3 Å². The first-order valence-electron chi connectivity index (χ1n) is 10.9. The van der Waals surface area contributed by atoms with Crippen molar-refractivity contribution in [3.05, 3.63) is 81.1 Å². The third kappa shape index (κ3) is 4.46. The lowest BCUT2D eigenvalue weighted by Gasteiger charge is -2.15. The lowest BCUT2D eigenvalue weighted by Crippen LogP contribution is -2.24. The van der Waals surface area contributed by atoms with Gasteiger partial charge in [0, 0.05) is 47.4 Å². The number of hydrogen-bond acceptors (Lipinski definition) is 5. The Morgan fingerprint density at radius 3 is 2.49 bits per heavy atom. The molecular formula is C26H20F2N2O4S. The number of nitrogens with zero attached hydrogens (tertiary/aromatic N) is 1. The van der Waals surface area contributed by atoms with Gasteiger partial charge in [-0.05, 0) is 56.2 Å². The van der Waals surface area contributed by atoms with Gasteiger partial charge < -0.3 is 14.6 Å². The molecule has 9 heteroatoms. The summed E-state index contributed by atoms with van der Waals surface area (Å²) in [5, 5.41) is 3.44. The van der Waals surface area contributed by atoms with Crippen molar-refractivity contribution in [3.63, 3.8) is 0 Å². The largest absolute Gasteiger partial charge is 0.454 e. The molecule has 2 aromatic carbocycles. The number of ether oxygens (including phenoxy) is 1. The molecule has 2 heterocycles. The normalized spacial score (nSPS) is 13.1. The Morgan fingerprint density at radius 1 is 1.06 bits per heavy atom. The van der Waals surface area contributed by atoms with Gasteiger partial charge in [0.25, 0.3) is 11.5 Å². The van der Waals surface area contributed by atoms with Crippen molar-refractivity contribution in [2.75, 3.05) is 0 Å². The number of halogens is 2. The van der Waals surface area contributed by atoms with E-state index in [2.05, 4.69) is 5.32 Å². The summed E-state index contributed by atoms with van der Waals surface area (Å²) < 4.78 is 35.3. The van der Waals surface area contributed by atoms with Gasteiger partial charge in [-0.1, -0.05) is 0 Å². The molecule has 0 unspecified atom stereocenters. The Morgan fingerprint density at radius 2 is 1.80 bits per heavy atom. The number of benzene rings is 2. The minimum atomic E-state index is -0.883. The number of hydrogen-bond donors (Lipinski definition) is 1. The van der Waals surface area contributed by atoms with Crippen LogP contribution in [0.3, 0.4) is 0 Å². The van der Waals surface area contributed by atoms with Crippen LogP contribution >= 0.6 is 11.3 Å². The van der Waals surface area contributed by atoms with E-state index in [9.17, 15) is 23.2 Å². The van der Waals surface area contributed by atoms with E-state index in [1.165, 1.54) is 23.6 Å². The number of thiophene rings is 1. The van der Waals surface area contributed by atoms with E-state index < -0.39 is 11.6 Å². The van der Waals surface area contributed by atoms with Gasteiger partial charge in [0.1, 0.15) is 16.3 Å². The number of amides is 1. The Labute approximate surface area is 202 Å². The molecule has 0 saturated heterocycles. The first-order valence-corrected chi connectivity index (χ1v) is 11.7. The summed E-state index contributed by atoms with van der Waals surface area (Å²) in [7, 11) is 1.59. The summed E-state index contributed by atoms with van der Waals surface area (Å²) in [6.45, 7) is 1.42. The van der Waals surface area contributed by atoms with E-state index in [0.717, 1.165) is 30.2 Å². The van der Waals surface area contributed by atoms with Gasteiger partial charge in [-0.25, -0.2) is 8.78 Å². The zero-order valence-corrected chi connectivity index (χ0v) is 19.7. The number of ketones is 1. The average Bonchev–Trinajstić information content (AvgIpc) is 3.51. The predicted molar refractivity (Wildman–Crippen MR) is 129 cm³/mol. The van der Waals surface area contributed by atoms with Crippen LogP contribution in [0.2, 0.25) is 0 Å². The van der Waals surface area contributed by atoms with Gasteiger partial charge in [0.05, 0.1) is 4.88 Å². The van der Waals surface area contributed by atoms with E-state index in [1.807, 2.05) is 0 Å². The molecule has 1 amide bonds. The number of aromatic nitrogens is 1. The highest BCUT2D eigenvalue weighted by Gasteiger charge is 2.26. The fourth-order valence-electron chi connectivity index (χ4n) is 3.77. The van der Waals surface area contributed by atoms with Crippen LogP contribution in [0.4, 0.5) is 8.78 Å². The lowest BCUT2D eigenvalue weighted by molar-refractivity contribution is 0.0954. The summed E-state index contributed by atoms with van der Waals surface area (Å²) in [5.41, 5.74) is 1.07. The molecule has 178 valence electrons. The second-order valence-corrected chi connectivity index (χ2v) is 9.56. The molecule has 0 radical (unpaired) electrons. The molecule has 35 heavy (non-hydrogen) atoms. The van der Waals surface area contributed by atoms with Crippen molar-refractivity contribution in [2.24, 2.45) is 7.05 Å². The summed E-state index contributed by atoms with van der Waals surface area (Å²) in [6, 6.07) is 9.45. The van der Waals surface area contributed by atoms with Crippen molar-refractivity contribution in [2.45, 2.75) is 25.8 Å². The second-order valence-electron chi connectivity index (χ2n) is 8.50. The molecule has 0 atom stereocenters. The maximum Gasteiger partial charge on any atom is 0.268 e. The third-order valence-electron chi connectivity index (χ3n) is 5.79. The molecule has 0 spiro atoms. The molecule has 1 N–H and O–H groups in total. The SMILES string of the molecule is CC(=O)c1ccc(Oc2ccc(F)cc2F)c(-c2cn(C)c(=O)c3sc(C(=O)NC4CC4)cc23)c1. The molecular weight excluding hydrogens is 474 g/mol. The number of Topliss-reactive ketones (excluding diaryl/α,β-unsaturated/α-hetero) is 1. The van der Waals surface area contributed by atoms with Crippen LogP contribution in [0, 0.1) is 11.6 Å². The van der Waals surface area contributed by atoms with Crippen LogP contribution in [0.25, 0.3) is 21.2 Å². The van der Waals surface area contributed by atoms with Gasteiger partial charge in [0.15, 0.2) is 17.3 Å². The molecule has 0 bridgehead atoms. The summed E-state index contributed by atoms with van der Waals surface area (Å²) in [6.07, 6.45) is 3.46. The fourth-order valence-corrected chi connectivity index (χ4v) is 4.83. The summed E-state index contributed by atoms with van der Waals surface area (Å²) >= 11 is 1.09. The number of carbonyl (C=O) groups is 2. The molecule has 1 aliphatic carbocycles. The quantitative estimate of drug-likeness (QED) is 0.363. The maximum atomic E-state index is 14.3. The summed E-state index contributed by atoms with van der Waals surface area (Å²) in [4.78, 5) is 38.1. The van der Waals surface area contributed by atoms with Gasteiger partial charge in [-0.2, -0.15) is 0 Å². The van der Waals surface area contributed by atoms with Crippen molar-refractivity contribution in [3.8, 4) is 22.6 Å². The zero-order valence-electron chi connectivity index (χ0n) is 18.9. The highest BCUT2D eigenvalue weighted by atomic mass is 32.1. The molecule has 0 aliphatic heterocycles. The molecule has 2 aromatic heterocycles. The number of fused-ring (bicyclic) bond motifs is 1. The van der Waals surface area contributed by atoms with Crippen molar-refractivity contribution in [1.29, 1.82) is 0 Å². The van der Waals surface area contributed by atoms with E-state index in [4.69, 9.17) is 4.74 Å². The summed E-state index contributed by atoms with van der Waals surface area (Å²) in [5.74, 6) is -2.05. The average molecular weight is 495 g/mol. The van der Waals surface area contributed by atoms with Crippen LogP contribution in [-0.2, 0) is 7.05 Å². The third-order valence-corrected chi connectivity index (χ3v) is 6.91. The van der Waals surface area contributed by atoms with E-state index >= 15 is 0 Å². The zero-order chi connectivity index (χ0) is 24.9. The molecule has 1 aliphatic rings. The number of rotatable bonds is 6. The topological polar surface area (TPSA) is 77.4 Å². The van der Waals surface area contributed by atoms with Crippen LogP contribution in [0.5, 0.6) is 11.5 Å². The van der Waals surface area contributed by atoms with Crippen LogP contribution in [0.1, 0.15) is 39.8 Å². The van der Waals surface area contributed by atoms with Crippen molar-refractivity contribution >= 4 is 33.1 Å². The molecule has 1 fully saturated rings. The Hall–Kier alpha value is -3.85. The van der Waals surface area contributed by atoms with Crippen LogP contribution < -0.4 is 15.6 Å². The van der Waals surface area contributed by atoms with Crippen LogP contribution in [-0.4, -0.2) is 22.3 Å². The molecule has 4 aromatic rings. The highest BCUT2D eigenvalue weighted by Crippen LogP contribution is 2.40. The molecule has 1 saturated carbocycles. The lowest BCUT2D eigenvalue weighted by atomic mass is 9.99. The Kier molecular flexibility index (Phi) is 5.72. The number of carbonyl (C=O) groups excluding carboxylic acids is 2. The van der Waals surface area contributed by atoms with E-state index in [1.54, 1.807) is 31.4 Å². The molecule has 6 nitrogen and oxygen atoms in total. The standard InChI is InChI=1S/C26H20F2N2O4S/c1-13(31)14-3-7-21(34-22-8-4-15(27)10-20(22)28)17(9-14)19-12-30(2)26(33)24-18(19)11-23(35-24)25(32)29-16-5-6-16/h3-4,7-12,16H,5-6H2,1-2H3,(H,29,32). The van der Waals surface area contributed by atoms with Crippen molar-refractivity contribution < 1.29 is 23.1 Å². The maximum absolute atomic E-state index is 14.3. The first kappa shape index (κ1) is 22.9.